The van der Waals surface area contributed by atoms with Gasteiger partial charge in [0.05, 0.1) is 10.2 Å². The lowest BCUT2D eigenvalue weighted by atomic mass is 10.0. The molecule has 0 unspecified atom stereocenters. The van der Waals surface area contributed by atoms with E-state index in [1.807, 2.05) is 42.5 Å². The van der Waals surface area contributed by atoms with Crippen molar-refractivity contribution in [3.63, 3.8) is 0 Å². The van der Waals surface area contributed by atoms with Crippen LogP contribution in [-0.4, -0.2) is 35.0 Å². The van der Waals surface area contributed by atoms with E-state index in [4.69, 9.17) is 14.5 Å². The fourth-order valence-electron chi connectivity index (χ4n) is 5.07. The van der Waals surface area contributed by atoms with E-state index < -0.39 is 6.10 Å². The Hall–Kier alpha value is -3.72. The zero-order chi connectivity index (χ0) is 25.5. The molecule has 190 valence electrons. The summed E-state index contributed by atoms with van der Waals surface area (Å²) in [5, 5.41) is 4.98. The Morgan fingerprint density at radius 3 is 2.63 bits per heavy atom. The third-order valence-electron chi connectivity index (χ3n) is 6.93. The smallest absolute Gasteiger partial charge is 0.269 e. The maximum atomic E-state index is 13.4. The summed E-state index contributed by atoms with van der Waals surface area (Å²) in [7, 11) is 0. The van der Waals surface area contributed by atoms with Crippen LogP contribution in [-0.2, 0) is 24.3 Å². The van der Waals surface area contributed by atoms with Crippen molar-refractivity contribution in [2.24, 2.45) is 0 Å². The highest BCUT2D eigenvalue weighted by molar-refractivity contribution is 7.22. The van der Waals surface area contributed by atoms with Crippen LogP contribution in [0.1, 0.15) is 16.0 Å². The number of ether oxygens (including phenoxy) is 2. The molecule has 2 aliphatic heterocycles. The molecule has 38 heavy (non-hydrogen) atoms. The second-order valence-electron chi connectivity index (χ2n) is 9.49. The van der Waals surface area contributed by atoms with Gasteiger partial charge in [-0.25, -0.2) is 4.98 Å². The zero-order valence-electron chi connectivity index (χ0n) is 20.6. The number of benzene rings is 3. The first-order chi connectivity index (χ1) is 18.7. The lowest BCUT2D eigenvalue weighted by molar-refractivity contribution is -0.125. The van der Waals surface area contributed by atoms with Gasteiger partial charge in [-0.1, -0.05) is 54.6 Å². The van der Waals surface area contributed by atoms with Crippen LogP contribution < -0.4 is 14.8 Å². The van der Waals surface area contributed by atoms with Crippen LogP contribution in [0, 0.1) is 0 Å². The average molecular weight is 540 g/mol. The molecular weight excluding hydrogens is 514 g/mol. The van der Waals surface area contributed by atoms with Gasteiger partial charge in [0.1, 0.15) is 16.6 Å². The predicted octanol–water partition coefficient (Wildman–Crippen LogP) is 6.36. The Balaban J connectivity index is 1.21. The van der Waals surface area contributed by atoms with E-state index in [0.717, 1.165) is 51.8 Å². The van der Waals surface area contributed by atoms with Crippen molar-refractivity contribution in [3.8, 4) is 22.1 Å². The number of hydrogen-bond acceptors (Lipinski definition) is 7. The fourth-order valence-corrected chi connectivity index (χ4v) is 7.47. The number of carbonyl (C=O) groups is 1. The molecule has 2 aromatic heterocycles. The Morgan fingerprint density at radius 2 is 1.76 bits per heavy atom. The summed E-state index contributed by atoms with van der Waals surface area (Å²) in [6, 6.07) is 26.2. The van der Waals surface area contributed by atoms with E-state index >= 15 is 0 Å². The van der Waals surface area contributed by atoms with Crippen LogP contribution in [0.5, 0.6) is 11.5 Å². The molecule has 7 rings (SSSR count). The van der Waals surface area contributed by atoms with Crippen molar-refractivity contribution in [2.45, 2.75) is 25.6 Å². The number of anilines is 1. The number of carbonyl (C=O) groups excluding carboxylic acids is 1. The number of hydrogen-bond donors (Lipinski definition) is 1. The van der Waals surface area contributed by atoms with Gasteiger partial charge in [-0.05, 0) is 41.8 Å². The Bertz CT molecular complexity index is 1600. The molecule has 6 nitrogen and oxygen atoms in total. The van der Waals surface area contributed by atoms with Gasteiger partial charge in [0.25, 0.3) is 5.91 Å². The summed E-state index contributed by atoms with van der Waals surface area (Å²) >= 11 is 3.33. The Labute approximate surface area is 228 Å². The highest BCUT2D eigenvalue weighted by Gasteiger charge is 2.31. The maximum absolute atomic E-state index is 13.4. The Kier molecular flexibility index (Phi) is 6.08. The third-order valence-corrected chi connectivity index (χ3v) is 9.12. The largest absolute Gasteiger partial charge is 0.485 e. The molecule has 0 radical (unpaired) electrons. The quantitative estimate of drug-likeness (QED) is 0.282. The van der Waals surface area contributed by atoms with Crippen LogP contribution in [0.4, 0.5) is 5.00 Å². The number of nitrogens with zero attached hydrogens (tertiary/aromatic N) is 2. The molecule has 1 N–H and O–H groups in total. The van der Waals surface area contributed by atoms with E-state index in [2.05, 4.69) is 46.6 Å². The van der Waals surface area contributed by atoms with E-state index in [9.17, 15) is 4.79 Å². The van der Waals surface area contributed by atoms with Crippen LogP contribution in [0.25, 0.3) is 20.8 Å². The molecule has 5 aromatic rings. The minimum atomic E-state index is -0.721. The highest BCUT2D eigenvalue weighted by Crippen LogP contribution is 2.46. The number of fused-ring (bicyclic) bond motifs is 3. The fraction of sp³-hybridized carbons (Fsp3) is 0.200. The number of thiazole rings is 1. The lowest BCUT2D eigenvalue weighted by Crippen LogP contribution is -2.40. The first-order valence-electron chi connectivity index (χ1n) is 12.7. The molecule has 0 fully saturated rings. The van der Waals surface area contributed by atoms with Gasteiger partial charge in [-0.3, -0.25) is 9.69 Å². The highest BCUT2D eigenvalue weighted by atomic mass is 32.1. The van der Waals surface area contributed by atoms with Crippen LogP contribution >= 0.6 is 22.7 Å². The molecule has 2 aliphatic rings. The van der Waals surface area contributed by atoms with Crippen molar-refractivity contribution < 1.29 is 14.3 Å². The van der Waals surface area contributed by atoms with Crippen LogP contribution in [0.15, 0.2) is 78.9 Å². The molecule has 4 heterocycles. The number of para-hydroxylation sites is 3. The average Bonchev–Trinajstić information content (AvgIpc) is 3.53. The molecule has 0 saturated carbocycles. The lowest BCUT2D eigenvalue weighted by Gasteiger charge is -2.27. The third kappa shape index (κ3) is 4.45. The molecule has 0 saturated heterocycles. The number of amides is 1. The van der Waals surface area contributed by atoms with Crippen molar-refractivity contribution in [1.29, 1.82) is 0 Å². The molecule has 0 spiro atoms. The van der Waals surface area contributed by atoms with Crippen molar-refractivity contribution in [2.75, 3.05) is 18.5 Å². The van der Waals surface area contributed by atoms with Crippen LogP contribution in [0.3, 0.4) is 0 Å². The van der Waals surface area contributed by atoms with Crippen molar-refractivity contribution >= 4 is 43.8 Å². The number of nitrogens with one attached hydrogen (secondary N) is 1. The van der Waals surface area contributed by atoms with E-state index in [1.54, 1.807) is 22.7 Å². The van der Waals surface area contributed by atoms with Gasteiger partial charge in [0, 0.05) is 30.1 Å². The van der Waals surface area contributed by atoms with Gasteiger partial charge < -0.3 is 14.8 Å². The summed E-state index contributed by atoms with van der Waals surface area (Å²) in [4.78, 5) is 22.1. The first kappa shape index (κ1) is 23.4. The zero-order valence-corrected chi connectivity index (χ0v) is 22.2. The molecule has 1 atom stereocenters. The minimum absolute atomic E-state index is 0.176. The van der Waals surface area contributed by atoms with Gasteiger partial charge >= 0.3 is 0 Å². The molecule has 1 amide bonds. The molecule has 0 aliphatic carbocycles. The predicted molar refractivity (Wildman–Crippen MR) is 152 cm³/mol. The second-order valence-corrected chi connectivity index (χ2v) is 11.6. The van der Waals surface area contributed by atoms with Gasteiger partial charge in [0.15, 0.2) is 11.5 Å². The SMILES string of the molecule is O=C(Nc1sc2c(c1-c1nc3ccccc3s1)CCN(Cc1ccccc1)C2)[C@@H]1COc2ccccc2O1. The molecule has 8 heteroatoms. The maximum Gasteiger partial charge on any atom is 0.269 e. The molecule has 0 bridgehead atoms. The topological polar surface area (TPSA) is 63.7 Å². The van der Waals surface area contributed by atoms with Gasteiger partial charge in [-0.15, -0.1) is 22.7 Å². The van der Waals surface area contributed by atoms with E-state index in [0.29, 0.717) is 11.5 Å². The summed E-state index contributed by atoms with van der Waals surface area (Å²) in [5.74, 6) is 1.05. The summed E-state index contributed by atoms with van der Waals surface area (Å²) in [5.41, 5.74) is 4.63. The second kappa shape index (κ2) is 9.87. The molecular formula is C30H25N3O3S2. The van der Waals surface area contributed by atoms with E-state index in [-0.39, 0.29) is 12.5 Å². The summed E-state index contributed by atoms with van der Waals surface area (Å²) in [6.45, 7) is 2.89. The van der Waals surface area contributed by atoms with Gasteiger partial charge in [0.2, 0.25) is 6.10 Å². The normalized spacial score (nSPS) is 16.8. The monoisotopic (exact) mass is 539 g/mol. The standard InChI is InChI=1S/C30H25N3O3S2/c34-28(24-18-35-22-11-5-6-12-23(22)36-24)32-30-27(29-31-21-10-4-7-13-25(21)37-29)20-14-15-33(17-26(20)38-30)16-19-8-2-1-3-9-19/h1-13,24H,14-18H2,(H,32,34)/t24-/m0/s1. The number of aromatic nitrogens is 1. The number of rotatable bonds is 5. The molecule has 3 aromatic carbocycles. The summed E-state index contributed by atoms with van der Waals surface area (Å²) < 4.78 is 12.9. The van der Waals surface area contributed by atoms with E-state index in [1.165, 1.54) is 16.0 Å². The van der Waals surface area contributed by atoms with Crippen LogP contribution in [0.2, 0.25) is 0 Å². The van der Waals surface area contributed by atoms with Crippen molar-refractivity contribution in [1.82, 2.24) is 9.88 Å². The minimum Gasteiger partial charge on any atom is -0.485 e. The van der Waals surface area contributed by atoms with Crippen molar-refractivity contribution in [3.05, 3.63) is 94.9 Å². The Morgan fingerprint density at radius 1 is 0.974 bits per heavy atom. The number of thiophene rings is 1. The summed E-state index contributed by atoms with van der Waals surface area (Å²) in [6.07, 6.45) is 0.192. The van der Waals surface area contributed by atoms with Gasteiger partial charge in [-0.2, -0.15) is 0 Å². The first-order valence-corrected chi connectivity index (χ1v) is 14.3.